The van der Waals surface area contributed by atoms with Gasteiger partial charge in [0.15, 0.2) is 0 Å². The van der Waals surface area contributed by atoms with Gasteiger partial charge in [-0.1, -0.05) is 61.6 Å². The van der Waals surface area contributed by atoms with E-state index >= 15 is 0 Å². The van der Waals surface area contributed by atoms with Gasteiger partial charge in [-0.15, -0.1) is 0 Å². The topological polar surface area (TPSA) is 50.8 Å². The molecule has 0 radical (unpaired) electrons. The highest BCUT2D eigenvalue weighted by Crippen LogP contribution is 2.29. The lowest BCUT2D eigenvalue weighted by Gasteiger charge is -2.26. The van der Waals surface area contributed by atoms with Crippen molar-refractivity contribution in [3.8, 4) is 12.1 Å². The summed E-state index contributed by atoms with van der Waals surface area (Å²) in [5.74, 6) is 0. The van der Waals surface area contributed by atoms with Gasteiger partial charge in [-0.2, -0.15) is 10.5 Å². The predicted molar refractivity (Wildman–Crippen MR) is 112 cm³/mol. The van der Waals surface area contributed by atoms with E-state index in [2.05, 4.69) is 48.7 Å². The summed E-state index contributed by atoms with van der Waals surface area (Å²) in [6.07, 6.45) is 4.81. The lowest BCUT2D eigenvalue weighted by Crippen LogP contribution is -2.20. The molecule has 0 aromatic heterocycles. The molecular weight excluding hydrogens is 330 g/mol. The third-order valence-electron chi connectivity index (χ3n) is 4.36. The largest absolute Gasteiger partial charge is 0.337 e. The number of hydrogen-bond donors (Lipinski definition) is 0. The highest BCUT2D eigenvalue weighted by molar-refractivity contribution is 5.82. The number of allylic oxidation sites excluding steroid dienone is 4. The predicted octanol–water partition coefficient (Wildman–Crippen LogP) is 6.17. The molecule has 3 nitrogen and oxygen atoms in total. The van der Waals surface area contributed by atoms with Gasteiger partial charge in [0.1, 0.15) is 6.07 Å². The van der Waals surface area contributed by atoms with Gasteiger partial charge in [-0.25, -0.2) is 0 Å². The van der Waals surface area contributed by atoms with Crippen LogP contribution in [0.4, 0.5) is 11.4 Å². The second-order valence-electron chi connectivity index (χ2n) is 6.11. The molecule has 134 valence electrons. The fraction of sp³-hybridized carbons (Fsp3) is 0.167. The molecular formula is C24H23N3. The van der Waals surface area contributed by atoms with E-state index in [1.165, 1.54) is 5.57 Å². The van der Waals surface area contributed by atoms with Crippen LogP contribution in [0.5, 0.6) is 0 Å². The standard InChI is InChI=1S/C24H23N3/c1-4-9-20(5-2)18-27(22-10-7-6-8-11-22)23-14-12-21(13-15-23)24(17-26)19(3)16-25/h4,6-15H,1,5,18H2,2-3H3/b20-9+,24-19-. The fourth-order valence-electron chi connectivity index (χ4n) is 2.82. The van der Waals surface area contributed by atoms with E-state index in [0.29, 0.717) is 11.1 Å². The van der Waals surface area contributed by atoms with Gasteiger partial charge >= 0.3 is 0 Å². The third kappa shape index (κ3) is 4.97. The first-order chi connectivity index (χ1) is 13.1. The fourth-order valence-corrected chi connectivity index (χ4v) is 2.82. The zero-order valence-electron chi connectivity index (χ0n) is 15.8. The lowest BCUT2D eigenvalue weighted by atomic mass is 10.0. The normalized spacial score (nSPS) is 11.8. The Morgan fingerprint density at radius 2 is 1.63 bits per heavy atom. The minimum atomic E-state index is 0.413. The van der Waals surface area contributed by atoms with Crippen LogP contribution >= 0.6 is 0 Å². The second kappa shape index (κ2) is 9.80. The Bertz CT molecular complexity index is 920. The molecule has 3 heteroatoms. The van der Waals surface area contributed by atoms with Crippen LogP contribution in [0.3, 0.4) is 0 Å². The monoisotopic (exact) mass is 353 g/mol. The van der Waals surface area contributed by atoms with Crippen molar-refractivity contribution in [3.63, 3.8) is 0 Å². The van der Waals surface area contributed by atoms with Crippen LogP contribution < -0.4 is 4.90 Å². The van der Waals surface area contributed by atoms with Gasteiger partial charge in [0.05, 0.1) is 11.6 Å². The van der Waals surface area contributed by atoms with Crippen LogP contribution in [0.15, 0.2) is 84.5 Å². The minimum absolute atomic E-state index is 0.413. The quantitative estimate of drug-likeness (QED) is 0.442. The molecule has 0 heterocycles. The van der Waals surface area contributed by atoms with Crippen molar-refractivity contribution in [1.29, 1.82) is 10.5 Å². The number of rotatable bonds is 7. The molecule has 0 amide bonds. The van der Waals surface area contributed by atoms with Gasteiger partial charge in [0, 0.05) is 23.5 Å². The SMILES string of the molecule is C=C/C=C(\CC)CN(c1ccccc1)c1ccc(/C(C#N)=C(/C)C#N)cc1. The number of anilines is 2. The minimum Gasteiger partial charge on any atom is -0.337 e. The maximum absolute atomic E-state index is 9.36. The van der Waals surface area contributed by atoms with Crippen LogP contribution in [0.1, 0.15) is 25.8 Å². The van der Waals surface area contributed by atoms with E-state index in [0.717, 1.165) is 29.9 Å². The Morgan fingerprint density at radius 3 is 2.15 bits per heavy atom. The summed E-state index contributed by atoms with van der Waals surface area (Å²) in [6, 6.07) is 22.2. The molecule has 2 rings (SSSR count). The summed E-state index contributed by atoms with van der Waals surface area (Å²) in [4.78, 5) is 2.23. The van der Waals surface area contributed by atoms with Crippen LogP contribution in [0, 0.1) is 22.7 Å². The van der Waals surface area contributed by atoms with E-state index in [1.807, 2.05) is 48.5 Å². The molecule has 0 atom stereocenters. The van der Waals surface area contributed by atoms with Crippen molar-refractivity contribution in [1.82, 2.24) is 0 Å². The van der Waals surface area contributed by atoms with Gasteiger partial charge < -0.3 is 4.90 Å². The molecule has 0 spiro atoms. The van der Waals surface area contributed by atoms with E-state index in [9.17, 15) is 5.26 Å². The summed E-state index contributed by atoms with van der Waals surface area (Å²) in [7, 11) is 0. The van der Waals surface area contributed by atoms with Crippen molar-refractivity contribution in [3.05, 3.63) is 90.0 Å². The summed E-state index contributed by atoms with van der Waals surface area (Å²) >= 11 is 0. The summed E-state index contributed by atoms with van der Waals surface area (Å²) < 4.78 is 0. The van der Waals surface area contributed by atoms with Crippen LogP contribution in [0.25, 0.3) is 5.57 Å². The molecule has 2 aromatic carbocycles. The van der Waals surface area contributed by atoms with E-state index in [1.54, 1.807) is 6.92 Å². The molecule has 0 aliphatic carbocycles. The van der Waals surface area contributed by atoms with E-state index < -0.39 is 0 Å². The van der Waals surface area contributed by atoms with Crippen molar-refractivity contribution >= 4 is 16.9 Å². The molecule has 0 unspecified atom stereocenters. The highest BCUT2D eigenvalue weighted by Gasteiger charge is 2.12. The average molecular weight is 353 g/mol. The Kier molecular flexibility index (Phi) is 7.17. The number of hydrogen-bond acceptors (Lipinski definition) is 3. The van der Waals surface area contributed by atoms with Crippen LogP contribution in [-0.4, -0.2) is 6.54 Å². The Balaban J connectivity index is 2.45. The van der Waals surface area contributed by atoms with Crippen LogP contribution in [-0.2, 0) is 0 Å². The van der Waals surface area contributed by atoms with Crippen molar-refractivity contribution in [2.75, 3.05) is 11.4 Å². The van der Waals surface area contributed by atoms with Crippen molar-refractivity contribution in [2.24, 2.45) is 0 Å². The first-order valence-electron chi connectivity index (χ1n) is 8.89. The zero-order valence-corrected chi connectivity index (χ0v) is 15.8. The van der Waals surface area contributed by atoms with Gasteiger partial charge in [0.2, 0.25) is 0 Å². The van der Waals surface area contributed by atoms with Gasteiger partial charge in [-0.3, -0.25) is 0 Å². The van der Waals surface area contributed by atoms with Crippen molar-refractivity contribution < 1.29 is 0 Å². The van der Waals surface area contributed by atoms with Gasteiger partial charge in [-0.05, 0) is 43.2 Å². The number of para-hydroxylation sites is 1. The molecule has 0 aliphatic rings. The maximum atomic E-state index is 9.36. The highest BCUT2D eigenvalue weighted by atomic mass is 15.1. The number of nitrogens with zero attached hydrogens (tertiary/aromatic N) is 3. The summed E-state index contributed by atoms with van der Waals surface area (Å²) in [6.45, 7) is 8.36. The molecule has 0 N–H and O–H groups in total. The number of benzene rings is 2. The third-order valence-corrected chi connectivity index (χ3v) is 4.36. The number of nitriles is 2. The second-order valence-corrected chi connectivity index (χ2v) is 6.11. The Hall–Kier alpha value is -3.56. The first-order valence-corrected chi connectivity index (χ1v) is 8.89. The summed E-state index contributed by atoms with van der Waals surface area (Å²) in [5, 5.41) is 18.4. The van der Waals surface area contributed by atoms with Gasteiger partial charge in [0.25, 0.3) is 0 Å². The molecule has 0 saturated heterocycles. The van der Waals surface area contributed by atoms with Crippen LogP contribution in [0.2, 0.25) is 0 Å². The molecule has 0 aliphatic heterocycles. The Morgan fingerprint density at radius 1 is 1.00 bits per heavy atom. The van der Waals surface area contributed by atoms with E-state index in [-0.39, 0.29) is 0 Å². The molecule has 0 fully saturated rings. The molecule has 0 saturated carbocycles. The lowest BCUT2D eigenvalue weighted by molar-refractivity contribution is 0.961. The molecule has 2 aromatic rings. The first kappa shape index (κ1) is 19.8. The van der Waals surface area contributed by atoms with Crippen molar-refractivity contribution in [2.45, 2.75) is 20.3 Å². The van der Waals surface area contributed by atoms with E-state index in [4.69, 9.17) is 5.26 Å². The average Bonchev–Trinajstić information content (AvgIpc) is 2.72. The smallest absolute Gasteiger partial charge is 0.101 e. The molecule has 0 bridgehead atoms. The molecule has 27 heavy (non-hydrogen) atoms. The zero-order chi connectivity index (χ0) is 19.6. The maximum Gasteiger partial charge on any atom is 0.101 e. The Labute approximate surface area is 161 Å². The summed E-state index contributed by atoms with van der Waals surface area (Å²) in [5.41, 5.74) is 4.99.